The van der Waals surface area contributed by atoms with Gasteiger partial charge in [-0.25, -0.2) is 0 Å². The number of anilines is 1. The molecule has 1 aromatic carbocycles. The van der Waals surface area contributed by atoms with Crippen LogP contribution in [0.2, 0.25) is 0 Å². The normalized spacial score (nSPS) is 10.3. The first-order valence-corrected chi connectivity index (χ1v) is 7.02. The molecule has 21 heavy (non-hydrogen) atoms. The molecule has 7 nitrogen and oxygen atoms in total. The molecule has 1 heterocycles. The van der Waals surface area contributed by atoms with Crippen LogP contribution in [0.5, 0.6) is 0 Å². The lowest BCUT2D eigenvalue weighted by Gasteiger charge is -2.09. The summed E-state index contributed by atoms with van der Waals surface area (Å²) in [6.45, 7) is 0. The highest BCUT2D eigenvalue weighted by atomic mass is 32.1. The van der Waals surface area contributed by atoms with Gasteiger partial charge in [-0.05, 0) is 30.4 Å². The Kier molecular flexibility index (Phi) is 5.18. The Bertz CT molecular complexity index is 657. The molecule has 2 aromatic rings. The Hall–Kier alpha value is -2.52. The van der Waals surface area contributed by atoms with E-state index >= 15 is 0 Å². The summed E-state index contributed by atoms with van der Waals surface area (Å²) >= 11 is 6.05. The minimum Gasteiger partial charge on any atom is -0.299 e. The standard InChI is InChI=1S/C12H11N5O2S2/c18-17(19)11-7-6-10(21-11)8-13-15-12(20)16-14-9-4-2-1-3-5-9/h1-8,14H,(H2,15,16,20)/b13-8+. The predicted octanol–water partition coefficient (Wildman–Crippen LogP) is 2.48. The highest BCUT2D eigenvalue weighted by Gasteiger charge is 2.07. The maximum atomic E-state index is 10.5. The van der Waals surface area contributed by atoms with Gasteiger partial charge in [0.25, 0.3) is 0 Å². The summed E-state index contributed by atoms with van der Waals surface area (Å²) in [4.78, 5) is 10.8. The molecule has 0 unspecified atom stereocenters. The monoisotopic (exact) mass is 321 g/mol. The number of hydrazine groups is 1. The third kappa shape index (κ3) is 4.82. The molecule has 0 saturated carbocycles. The molecule has 3 N–H and O–H groups in total. The lowest BCUT2D eigenvalue weighted by molar-refractivity contribution is -0.380. The first kappa shape index (κ1) is 14.9. The Morgan fingerprint density at radius 2 is 2.05 bits per heavy atom. The zero-order chi connectivity index (χ0) is 15.1. The first-order chi connectivity index (χ1) is 10.1. The fraction of sp³-hybridized carbons (Fsp3) is 0. The average Bonchev–Trinajstić information content (AvgIpc) is 2.95. The molecular formula is C12H11N5O2S2. The summed E-state index contributed by atoms with van der Waals surface area (Å²) in [5, 5.41) is 14.8. The van der Waals surface area contributed by atoms with Crippen molar-refractivity contribution in [1.82, 2.24) is 10.9 Å². The lowest BCUT2D eigenvalue weighted by atomic mass is 10.3. The van der Waals surface area contributed by atoms with Crippen LogP contribution >= 0.6 is 23.6 Å². The maximum Gasteiger partial charge on any atom is 0.324 e. The second kappa shape index (κ2) is 7.31. The number of thiocarbonyl (C=S) groups is 1. The van der Waals surface area contributed by atoms with Crippen LogP contribution in [0.1, 0.15) is 4.88 Å². The number of benzene rings is 1. The third-order valence-electron chi connectivity index (χ3n) is 2.24. The number of hydrogen-bond acceptors (Lipinski definition) is 6. The molecular weight excluding hydrogens is 310 g/mol. The number of thiophene rings is 1. The molecule has 0 spiro atoms. The van der Waals surface area contributed by atoms with E-state index < -0.39 is 4.92 Å². The maximum absolute atomic E-state index is 10.5. The van der Waals surface area contributed by atoms with Crippen molar-refractivity contribution in [2.24, 2.45) is 5.10 Å². The summed E-state index contributed by atoms with van der Waals surface area (Å²) in [5.74, 6) is 0. The molecule has 0 amide bonds. The van der Waals surface area contributed by atoms with E-state index in [4.69, 9.17) is 12.2 Å². The molecule has 0 radical (unpaired) electrons. The van der Waals surface area contributed by atoms with Gasteiger partial charge in [0.05, 0.1) is 21.7 Å². The second-order valence-corrected chi connectivity index (χ2v) is 5.25. The summed E-state index contributed by atoms with van der Waals surface area (Å²) < 4.78 is 0. The van der Waals surface area contributed by atoms with Gasteiger partial charge >= 0.3 is 5.00 Å². The smallest absolute Gasteiger partial charge is 0.299 e. The molecule has 9 heteroatoms. The lowest BCUT2D eigenvalue weighted by Crippen LogP contribution is -2.36. The average molecular weight is 321 g/mol. The highest BCUT2D eigenvalue weighted by molar-refractivity contribution is 7.80. The summed E-state index contributed by atoms with van der Waals surface area (Å²) in [5.41, 5.74) is 9.12. The van der Waals surface area contributed by atoms with Gasteiger partial charge in [-0.2, -0.15) is 5.10 Å². The molecule has 0 aliphatic rings. The molecule has 1 aromatic heterocycles. The van der Waals surface area contributed by atoms with E-state index in [9.17, 15) is 10.1 Å². The van der Waals surface area contributed by atoms with E-state index in [1.165, 1.54) is 12.3 Å². The predicted molar refractivity (Wildman–Crippen MR) is 87.5 cm³/mol. The molecule has 0 fully saturated rings. The Morgan fingerprint density at radius 1 is 1.29 bits per heavy atom. The molecule has 0 atom stereocenters. The van der Waals surface area contributed by atoms with Crippen LogP contribution < -0.4 is 16.3 Å². The quantitative estimate of drug-likeness (QED) is 0.339. The van der Waals surface area contributed by atoms with Crippen LogP contribution in [0, 0.1) is 10.1 Å². The molecule has 2 rings (SSSR count). The van der Waals surface area contributed by atoms with Crippen molar-refractivity contribution in [3.8, 4) is 0 Å². The minimum atomic E-state index is -0.439. The van der Waals surface area contributed by atoms with Gasteiger partial charge in [0.1, 0.15) is 0 Å². The van der Waals surface area contributed by atoms with Gasteiger partial charge in [0.2, 0.25) is 5.11 Å². The van der Waals surface area contributed by atoms with Crippen molar-refractivity contribution in [2.75, 3.05) is 5.43 Å². The van der Waals surface area contributed by atoms with E-state index in [0.29, 0.717) is 4.88 Å². The summed E-state index contributed by atoms with van der Waals surface area (Å²) in [6.07, 6.45) is 1.47. The number of nitrogens with one attached hydrogen (secondary N) is 3. The van der Waals surface area contributed by atoms with Crippen molar-refractivity contribution in [3.63, 3.8) is 0 Å². The molecule has 108 valence electrons. The van der Waals surface area contributed by atoms with Crippen molar-refractivity contribution < 1.29 is 4.92 Å². The number of rotatable bonds is 5. The number of hydrogen-bond donors (Lipinski definition) is 3. The number of para-hydroxylation sites is 1. The van der Waals surface area contributed by atoms with Gasteiger partial charge in [0, 0.05) is 6.07 Å². The minimum absolute atomic E-state index is 0.0721. The first-order valence-electron chi connectivity index (χ1n) is 5.79. The molecule has 0 aliphatic heterocycles. The van der Waals surface area contributed by atoms with Crippen molar-refractivity contribution in [3.05, 3.63) is 57.5 Å². The zero-order valence-corrected chi connectivity index (χ0v) is 12.3. The third-order valence-corrected chi connectivity index (χ3v) is 3.41. The van der Waals surface area contributed by atoms with E-state index in [0.717, 1.165) is 17.0 Å². The van der Waals surface area contributed by atoms with E-state index in [-0.39, 0.29) is 10.1 Å². The largest absolute Gasteiger partial charge is 0.324 e. The molecule has 0 aliphatic carbocycles. The van der Waals surface area contributed by atoms with E-state index in [1.54, 1.807) is 6.07 Å². The van der Waals surface area contributed by atoms with Gasteiger partial charge in [0.15, 0.2) is 0 Å². The van der Waals surface area contributed by atoms with Crippen LogP contribution in [0.25, 0.3) is 0 Å². The van der Waals surface area contributed by atoms with Crippen LogP contribution in [-0.4, -0.2) is 16.3 Å². The number of nitrogens with zero attached hydrogens (tertiary/aromatic N) is 2. The van der Waals surface area contributed by atoms with Gasteiger partial charge in [-0.15, -0.1) is 0 Å². The van der Waals surface area contributed by atoms with Gasteiger partial charge in [-0.3, -0.25) is 26.4 Å². The Balaban J connectivity index is 1.77. The number of hydrazone groups is 1. The van der Waals surface area contributed by atoms with Crippen molar-refractivity contribution >= 4 is 45.6 Å². The van der Waals surface area contributed by atoms with Crippen LogP contribution in [-0.2, 0) is 0 Å². The van der Waals surface area contributed by atoms with E-state index in [2.05, 4.69) is 21.4 Å². The summed E-state index contributed by atoms with van der Waals surface area (Å²) in [7, 11) is 0. The topological polar surface area (TPSA) is 91.6 Å². The molecule has 0 bridgehead atoms. The molecule has 0 saturated heterocycles. The van der Waals surface area contributed by atoms with Gasteiger partial charge in [-0.1, -0.05) is 29.5 Å². The zero-order valence-electron chi connectivity index (χ0n) is 10.6. The van der Waals surface area contributed by atoms with Gasteiger partial charge < -0.3 is 0 Å². The van der Waals surface area contributed by atoms with Crippen LogP contribution in [0.3, 0.4) is 0 Å². The van der Waals surface area contributed by atoms with Crippen LogP contribution in [0.4, 0.5) is 10.7 Å². The second-order valence-electron chi connectivity index (χ2n) is 3.75. The fourth-order valence-electron chi connectivity index (χ4n) is 1.34. The summed E-state index contributed by atoms with van der Waals surface area (Å²) in [6, 6.07) is 12.5. The SMILES string of the molecule is O=[N+]([O-])c1ccc(/C=N/NC(=S)NNc2ccccc2)s1. The van der Waals surface area contributed by atoms with Crippen molar-refractivity contribution in [1.29, 1.82) is 0 Å². The fourth-order valence-corrected chi connectivity index (χ4v) is 2.14. The van der Waals surface area contributed by atoms with Crippen LogP contribution in [0.15, 0.2) is 47.6 Å². The highest BCUT2D eigenvalue weighted by Crippen LogP contribution is 2.22. The van der Waals surface area contributed by atoms with Crippen molar-refractivity contribution in [2.45, 2.75) is 0 Å². The van der Waals surface area contributed by atoms with E-state index in [1.807, 2.05) is 30.3 Å². The number of nitro groups is 1. The Labute approximate surface area is 129 Å². The Morgan fingerprint density at radius 3 is 2.71 bits per heavy atom.